The van der Waals surface area contributed by atoms with Crippen LogP contribution in [-0.2, 0) is 6.54 Å². The van der Waals surface area contributed by atoms with E-state index in [0.717, 1.165) is 12.8 Å². The molecule has 1 aromatic heterocycles. The number of para-hydroxylation sites is 1. The Morgan fingerprint density at radius 3 is 2.78 bits per heavy atom. The van der Waals surface area contributed by atoms with Crippen molar-refractivity contribution in [3.63, 3.8) is 0 Å². The van der Waals surface area contributed by atoms with Gasteiger partial charge in [-0.2, -0.15) is 0 Å². The van der Waals surface area contributed by atoms with E-state index in [1.54, 1.807) is 24.3 Å². The fourth-order valence-corrected chi connectivity index (χ4v) is 2.14. The van der Waals surface area contributed by atoms with Gasteiger partial charge in [-0.15, -0.1) is 0 Å². The first-order valence-electron chi connectivity index (χ1n) is 5.83. The molecule has 1 heterocycles. The standard InChI is InChI=1S/C13H11NO4/c15-13(8-5-6-8)12-9-3-1-2-4-10(9)18-11(12)7-14(16)17/h1-4,8H,5-7H2. The van der Waals surface area contributed by atoms with Crippen LogP contribution in [0, 0.1) is 16.0 Å². The van der Waals surface area contributed by atoms with Gasteiger partial charge in [-0.05, 0) is 18.9 Å². The molecule has 0 unspecified atom stereocenters. The van der Waals surface area contributed by atoms with Gasteiger partial charge in [0.25, 0.3) is 6.54 Å². The van der Waals surface area contributed by atoms with Gasteiger partial charge in [0.05, 0.1) is 5.56 Å². The van der Waals surface area contributed by atoms with Crippen LogP contribution < -0.4 is 0 Å². The van der Waals surface area contributed by atoms with Crippen molar-refractivity contribution in [1.82, 2.24) is 0 Å². The summed E-state index contributed by atoms with van der Waals surface area (Å²) in [6.45, 7) is -0.442. The predicted molar refractivity (Wildman–Crippen MR) is 64.0 cm³/mol. The monoisotopic (exact) mass is 245 g/mol. The van der Waals surface area contributed by atoms with Crippen LogP contribution in [0.2, 0.25) is 0 Å². The number of ketones is 1. The van der Waals surface area contributed by atoms with Gasteiger partial charge in [-0.3, -0.25) is 14.9 Å². The molecular formula is C13H11NO4. The maximum atomic E-state index is 12.2. The minimum Gasteiger partial charge on any atom is -0.453 e. The maximum absolute atomic E-state index is 12.2. The largest absolute Gasteiger partial charge is 0.453 e. The Morgan fingerprint density at radius 1 is 1.39 bits per heavy atom. The molecule has 2 aromatic rings. The van der Waals surface area contributed by atoms with Crippen LogP contribution in [0.15, 0.2) is 28.7 Å². The number of hydrogen-bond donors (Lipinski definition) is 0. The molecule has 0 saturated heterocycles. The number of carbonyl (C=O) groups is 1. The Morgan fingerprint density at radius 2 is 2.11 bits per heavy atom. The van der Waals surface area contributed by atoms with Crippen molar-refractivity contribution >= 4 is 16.8 Å². The van der Waals surface area contributed by atoms with Crippen LogP contribution in [0.4, 0.5) is 0 Å². The minimum absolute atomic E-state index is 0.0169. The predicted octanol–water partition coefficient (Wildman–Crippen LogP) is 2.80. The van der Waals surface area contributed by atoms with Crippen molar-refractivity contribution in [1.29, 1.82) is 0 Å². The molecule has 1 aromatic carbocycles. The first kappa shape index (κ1) is 11.0. The average Bonchev–Trinajstić information content (AvgIpc) is 3.10. The first-order valence-corrected chi connectivity index (χ1v) is 5.83. The molecule has 1 aliphatic rings. The lowest BCUT2D eigenvalue weighted by atomic mass is 10.0. The van der Waals surface area contributed by atoms with E-state index in [0.29, 0.717) is 16.5 Å². The highest BCUT2D eigenvalue weighted by atomic mass is 16.6. The molecule has 1 saturated carbocycles. The number of fused-ring (bicyclic) bond motifs is 1. The highest BCUT2D eigenvalue weighted by Crippen LogP contribution is 2.37. The highest BCUT2D eigenvalue weighted by molar-refractivity contribution is 6.10. The zero-order valence-electron chi connectivity index (χ0n) is 9.59. The molecule has 0 aliphatic heterocycles. The van der Waals surface area contributed by atoms with E-state index in [4.69, 9.17) is 4.42 Å². The molecule has 5 heteroatoms. The van der Waals surface area contributed by atoms with Gasteiger partial charge in [-0.1, -0.05) is 18.2 Å². The molecule has 0 radical (unpaired) electrons. The van der Waals surface area contributed by atoms with Crippen LogP contribution in [-0.4, -0.2) is 10.7 Å². The van der Waals surface area contributed by atoms with Crippen molar-refractivity contribution in [2.45, 2.75) is 19.4 Å². The van der Waals surface area contributed by atoms with Crippen LogP contribution in [0.1, 0.15) is 29.0 Å². The lowest BCUT2D eigenvalue weighted by Crippen LogP contribution is -2.07. The molecule has 0 N–H and O–H groups in total. The third kappa shape index (κ3) is 1.77. The third-order valence-electron chi connectivity index (χ3n) is 3.14. The first-order chi connectivity index (χ1) is 8.66. The highest BCUT2D eigenvalue weighted by Gasteiger charge is 2.35. The number of nitro groups is 1. The normalized spacial score (nSPS) is 14.9. The van der Waals surface area contributed by atoms with Crippen LogP contribution >= 0.6 is 0 Å². The molecule has 0 spiro atoms. The molecule has 1 aliphatic carbocycles. The summed E-state index contributed by atoms with van der Waals surface area (Å²) in [7, 11) is 0. The van der Waals surface area contributed by atoms with E-state index in [9.17, 15) is 14.9 Å². The SMILES string of the molecule is O=C(c1c(C[N+](=O)[O-])oc2ccccc12)C1CC1. The fraction of sp³-hybridized carbons (Fsp3) is 0.308. The van der Waals surface area contributed by atoms with Crippen molar-refractivity contribution in [2.75, 3.05) is 0 Å². The van der Waals surface area contributed by atoms with Gasteiger partial charge in [0.1, 0.15) is 5.58 Å². The third-order valence-corrected chi connectivity index (χ3v) is 3.14. The van der Waals surface area contributed by atoms with Crippen LogP contribution in [0.5, 0.6) is 0 Å². The topological polar surface area (TPSA) is 73.3 Å². The average molecular weight is 245 g/mol. The molecule has 3 rings (SSSR count). The second-order valence-electron chi connectivity index (χ2n) is 4.53. The second-order valence-corrected chi connectivity index (χ2v) is 4.53. The smallest absolute Gasteiger partial charge is 0.261 e. The fourth-order valence-electron chi connectivity index (χ4n) is 2.14. The Hall–Kier alpha value is -2.17. The van der Waals surface area contributed by atoms with Gasteiger partial charge in [-0.25, -0.2) is 0 Å². The molecule has 0 atom stereocenters. The summed E-state index contributed by atoms with van der Waals surface area (Å²) < 4.78 is 5.45. The Labute approximate surface area is 103 Å². The molecular weight excluding hydrogens is 234 g/mol. The molecule has 18 heavy (non-hydrogen) atoms. The van der Waals surface area contributed by atoms with Crippen molar-refractivity contribution in [2.24, 2.45) is 5.92 Å². The number of nitrogens with zero attached hydrogens (tertiary/aromatic N) is 1. The Bertz CT molecular complexity index is 639. The van der Waals surface area contributed by atoms with Crippen molar-refractivity contribution in [3.05, 3.63) is 45.7 Å². The van der Waals surface area contributed by atoms with Gasteiger partial charge < -0.3 is 4.42 Å². The number of rotatable bonds is 4. The second kappa shape index (κ2) is 3.94. The molecule has 0 bridgehead atoms. The van der Waals surface area contributed by atoms with Crippen LogP contribution in [0.25, 0.3) is 11.0 Å². The summed E-state index contributed by atoms with van der Waals surface area (Å²) in [5.74, 6) is 0.186. The van der Waals surface area contributed by atoms with Crippen LogP contribution in [0.3, 0.4) is 0 Å². The maximum Gasteiger partial charge on any atom is 0.261 e. The molecule has 5 nitrogen and oxygen atoms in total. The molecule has 92 valence electrons. The lowest BCUT2D eigenvalue weighted by Gasteiger charge is -1.97. The number of hydrogen-bond acceptors (Lipinski definition) is 4. The summed E-state index contributed by atoms with van der Waals surface area (Å²) in [5.41, 5.74) is 0.947. The zero-order valence-corrected chi connectivity index (χ0v) is 9.59. The van der Waals surface area contributed by atoms with Gasteiger partial charge in [0.2, 0.25) is 0 Å². The van der Waals surface area contributed by atoms with Gasteiger partial charge >= 0.3 is 0 Å². The minimum atomic E-state index is -0.471. The summed E-state index contributed by atoms with van der Waals surface area (Å²) in [4.78, 5) is 22.4. The van der Waals surface area contributed by atoms with E-state index in [2.05, 4.69) is 0 Å². The molecule has 0 amide bonds. The number of Topliss-reactive ketones (excluding diaryl/α,β-unsaturated/α-hetero) is 1. The number of benzene rings is 1. The summed E-state index contributed by atoms with van der Waals surface area (Å²) >= 11 is 0. The van der Waals surface area contributed by atoms with Gasteiger partial charge in [0, 0.05) is 16.2 Å². The quantitative estimate of drug-likeness (QED) is 0.471. The Kier molecular flexibility index (Phi) is 2.40. The van der Waals surface area contributed by atoms with Crippen molar-refractivity contribution < 1.29 is 14.1 Å². The summed E-state index contributed by atoms with van der Waals surface area (Å²) in [6, 6.07) is 7.09. The van der Waals surface area contributed by atoms with E-state index in [-0.39, 0.29) is 17.5 Å². The summed E-state index contributed by atoms with van der Waals surface area (Å²) in [6.07, 6.45) is 1.74. The molecule has 1 fully saturated rings. The summed E-state index contributed by atoms with van der Waals surface area (Å²) in [5, 5.41) is 11.3. The zero-order chi connectivity index (χ0) is 12.7. The van der Waals surface area contributed by atoms with E-state index >= 15 is 0 Å². The van der Waals surface area contributed by atoms with Gasteiger partial charge in [0.15, 0.2) is 11.5 Å². The lowest BCUT2D eigenvalue weighted by molar-refractivity contribution is -0.499. The van der Waals surface area contributed by atoms with E-state index in [1.165, 1.54) is 0 Å². The number of furan rings is 1. The Balaban J connectivity index is 2.16. The van der Waals surface area contributed by atoms with E-state index in [1.807, 2.05) is 0 Å². The number of carbonyl (C=O) groups excluding carboxylic acids is 1. The van der Waals surface area contributed by atoms with Crippen molar-refractivity contribution in [3.8, 4) is 0 Å². The van der Waals surface area contributed by atoms with E-state index < -0.39 is 11.5 Å².